The summed E-state index contributed by atoms with van der Waals surface area (Å²) < 4.78 is 5.49. The lowest BCUT2D eigenvalue weighted by Crippen LogP contribution is -2.56. The van der Waals surface area contributed by atoms with E-state index in [2.05, 4.69) is 17.6 Å². The molecule has 0 aliphatic heterocycles. The van der Waals surface area contributed by atoms with Gasteiger partial charge in [0.15, 0.2) is 0 Å². The molecule has 208 valence electrons. The average Bonchev–Trinajstić information content (AvgIpc) is 2.88. The molecule has 0 heterocycles. The van der Waals surface area contributed by atoms with Crippen molar-refractivity contribution in [2.45, 2.75) is 97.4 Å². The van der Waals surface area contributed by atoms with Gasteiger partial charge >= 0.3 is 6.09 Å². The Hall–Kier alpha value is -3.35. The number of hydrogen-bond acceptors (Lipinski definition) is 4. The van der Waals surface area contributed by atoms with Gasteiger partial charge in [-0.3, -0.25) is 9.59 Å². The van der Waals surface area contributed by atoms with E-state index >= 15 is 0 Å². The van der Waals surface area contributed by atoms with Gasteiger partial charge in [0.25, 0.3) is 0 Å². The predicted octanol–water partition coefficient (Wildman–Crippen LogP) is 5.80. The van der Waals surface area contributed by atoms with Gasteiger partial charge in [-0.2, -0.15) is 0 Å². The number of unbranched alkanes of at least 4 members (excludes halogenated alkanes) is 2. The third-order valence-corrected chi connectivity index (χ3v) is 6.31. The highest BCUT2D eigenvalue weighted by Gasteiger charge is 2.38. The fourth-order valence-electron chi connectivity index (χ4n) is 4.23. The summed E-state index contributed by atoms with van der Waals surface area (Å²) in [5.41, 5.74) is 0.905. The Morgan fingerprint density at radius 3 is 2.08 bits per heavy atom. The van der Waals surface area contributed by atoms with Crippen molar-refractivity contribution in [1.82, 2.24) is 15.5 Å². The Bertz CT molecular complexity index is 1000. The lowest BCUT2D eigenvalue weighted by molar-refractivity contribution is -0.145. The van der Waals surface area contributed by atoms with E-state index in [0.29, 0.717) is 13.0 Å². The minimum atomic E-state index is -0.916. The number of benzene rings is 2. The molecule has 0 spiro atoms. The molecule has 0 bridgehead atoms. The number of carbonyl (C=O) groups is 3. The first kappa shape index (κ1) is 30.9. The van der Waals surface area contributed by atoms with E-state index in [4.69, 9.17) is 4.74 Å². The van der Waals surface area contributed by atoms with Crippen LogP contribution >= 0.6 is 0 Å². The number of hydrogen-bond donors (Lipinski definition) is 2. The molecule has 0 saturated heterocycles. The second-order valence-electron chi connectivity index (χ2n) is 10.7. The molecule has 2 rings (SSSR count). The highest BCUT2D eigenvalue weighted by molar-refractivity contribution is 5.92. The molecule has 0 radical (unpaired) electrons. The van der Waals surface area contributed by atoms with Gasteiger partial charge < -0.3 is 20.3 Å². The van der Waals surface area contributed by atoms with Gasteiger partial charge in [-0.15, -0.1) is 0 Å². The molecule has 0 saturated carbocycles. The second kappa shape index (κ2) is 15.2. The van der Waals surface area contributed by atoms with Crippen LogP contribution in [-0.2, 0) is 20.7 Å². The molecule has 2 N–H and O–H groups in total. The zero-order chi connectivity index (χ0) is 28.1. The number of amides is 3. The highest BCUT2D eigenvalue weighted by atomic mass is 16.6. The van der Waals surface area contributed by atoms with E-state index in [0.717, 1.165) is 30.4 Å². The first-order valence-corrected chi connectivity index (χ1v) is 13.8. The largest absolute Gasteiger partial charge is 0.444 e. The maximum absolute atomic E-state index is 14.3. The molecule has 3 atom stereocenters. The molecule has 7 heteroatoms. The van der Waals surface area contributed by atoms with E-state index in [9.17, 15) is 14.4 Å². The van der Waals surface area contributed by atoms with Gasteiger partial charge in [0.2, 0.25) is 11.8 Å². The Balaban J connectivity index is 2.48. The van der Waals surface area contributed by atoms with E-state index < -0.39 is 23.8 Å². The molecule has 0 aliphatic carbocycles. The average molecular weight is 524 g/mol. The highest BCUT2D eigenvalue weighted by Crippen LogP contribution is 2.27. The van der Waals surface area contributed by atoms with Crippen molar-refractivity contribution in [3.8, 4) is 0 Å². The minimum Gasteiger partial charge on any atom is -0.444 e. The van der Waals surface area contributed by atoms with Crippen molar-refractivity contribution >= 4 is 17.9 Å². The summed E-state index contributed by atoms with van der Waals surface area (Å²) in [5.74, 6) is -0.552. The molecule has 3 amide bonds. The van der Waals surface area contributed by atoms with E-state index in [1.165, 1.54) is 0 Å². The summed E-state index contributed by atoms with van der Waals surface area (Å²) in [5, 5.41) is 5.85. The molecule has 7 nitrogen and oxygen atoms in total. The molecule has 0 fully saturated rings. The quantitative estimate of drug-likeness (QED) is 0.325. The molecule has 2 aromatic carbocycles. The molecule has 3 unspecified atom stereocenters. The van der Waals surface area contributed by atoms with Crippen LogP contribution in [0.2, 0.25) is 0 Å². The zero-order valence-electron chi connectivity index (χ0n) is 23.8. The molecular formula is C31H45N3O4. The van der Waals surface area contributed by atoms with Crippen LogP contribution in [0.25, 0.3) is 0 Å². The monoisotopic (exact) mass is 523 g/mol. The zero-order valence-corrected chi connectivity index (χ0v) is 23.8. The van der Waals surface area contributed by atoms with Crippen LogP contribution in [0.4, 0.5) is 4.79 Å². The summed E-state index contributed by atoms with van der Waals surface area (Å²) in [4.78, 5) is 42.4. The fraction of sp³-hybridized carbons (Fsp3) is 0.516. The summed E-state index contributed by atoms with van der Waals surface area (Å²) in [6.07, 6.45) is 3.18. The Morgan fingerprint density at radius 1 is 0.921 bits per heavy atom. The van der Waals surface area contributed by atoms with Crippen LogP contribution < -0.4 is 10.6 Å². The molecular weight excluding hydrogens is 478 g/mol. The standard InChI is InChI=1S/C31H45N3O4/c1-7-9-16-21-32-28(35)27(25-19-14-11-15-20-25)34(23(3)8-2)29(36)26(22-24-17-12-10-13-18-24)33-30(37)38-31(4,5)6/h10-15,17-20,23,26-27H,7-9,16,21-22H2,1-6H3,(H,32,35)(H,33,37). The molecule has 38 heavy (non-hydrogen) atoms. The number of nitrogens with zero attached hydrogens (tertiary/aromatic N) is 1. The van der Waals surface area contributed by atoms with Crippen LogP contribution in [0.3, 0.4) is 0 Å². The van der Waals surface area contributed by atoms with Crippen molar-refractivity contribution < 1.29 is 19.1 Å². The third-order valence-electron chi connectivity index (χ3n) is 6.31. The maximum Gasteiger partial charge on any atom is 0.408 e. The number of rotatable bonds is 13. The van der Waals surface area contributed by atoms with Gasteiger partial charge in [0.1, 0.15) is 17.7 Å². The summed E-state index contributed by atoms with van der Waals surface area (Å²) in [7, 11) is 0. The maximum atomic E-state index is 14.3. The summed E-state index contributed by atoms with van der Waals surface area (Å²) in [6.45, 7) is 11.9. The number of carbonyl (C=O) groups excluding carboxylic acids is 3. The van der Waals surface area contributed by atoms with Gasteiger partial charge in [-0.1, -0.05) is 87.4 Å². The number of nitrogens with one attached hydrogen (secondary N) is 2. The van der Waals surface area contributed by atoms with Crippen molar-refractivity contribution in [3.05, 3.63) is 71.8 Å². The fourth-order valence-corrected chi connectivity index (χ4v) is 4.23. The van der Waals surface area contributed by atoms with Crippen LogP contribution in [0.1, 0.15) is 84.4 Å². The molecule has 0 aromatic heterocycles. The summed E-state index contributed by atoms with van der Waals surface area (Å²) >= 11 is 0. The van der Waals surface area contributed by atoms with Gasteiger partial charge in [0, 0.05) is 19.0 Å². The van der Waals surface area contributed by atoms with Crippen molar-refractivity contribution in [3.63, 3.8) is 0 Å². The van der Waals surface area contributed by atoms with E-state index in [1.807, 2.05) is 74.5 Å². The lowest BCUT2D eigenvalue weighted by Gasteiger charge is -2.38. The first-order chi connectivity index (χ1) is 18.1. The topological polar surface area (TPSA) is 87.7 Å². The number of ether oxygens (including phenoxy) is 1. The Kier molecular flexibility index (Phi) is 12.3. The second-order valence-corrected chi connectivity index (χ2v) is 10.7. The van der Waals surface area contributed by atoms with Crippen molar-refractivity contribution in [1.29, 1.82) is 0 Å². The van der Waals surface area contributed by atoms with Gasteiger partial charge in [0.05, 0.1) is 0 Å². The Morgan fingerprint density at radius 2 is 1.53 bits per heavy atom. The predicted molar refractivity (Wildman–Crippen MR) is 152 cm³/mol. The van der Waals surface area contributed by atoms with E-state index in [1.54, 1.807) is 25.7 Å². The SMILES string of the molecule is CCCCCNC(=O)C(c1ccccc1)N(C(=O)C(Cc1ccccc1)NC(=O)OC(C)(C)C)C(C)CC. The van der Waals surface area contributed by atoms with Crippen molar-refractivity contribution in [2.24, 2.45) is 0 Å². The minimum absolute atomic E-state index is 0.225. The van der Waals surface area contributed by atoms with Crippen LogP contribution in [0, 0.1) is 0 Å². The molecule has 0 aliphatic rings. The van der Waals surface area contributed by atoms with Gasteiger partial charge in [-0.05, 0) is 51.7 Å². The first-order valence-electron chi connectivity index (χ1n) is 13.8. The van der Waals surface area contributed by atoms with Crippen LogP contribution in [0.15, 0.2) is 60.7 Å². The smallest absolute Gasteiger partial charge is 0.408 e. The van der Waals surface area contributed by atoms with Crippen LogP contribution in [0.5, 0.6) is 0 Å². The number of alkyl carbamates (subject to hydrolysis) is 1. The lowest BCUT2D eigenvalue weighted by atomic mass is 9.98. The van der Waals surface area contributed by atoms with Crippen LogP contribution in [-0.4, -0.2) is 47.0 Å². The Labute approximate surface area is 228 Å². The van der Waals surface area contributed by atoms with Gasteiger partial charge in [-0.25, -0.2) is 4.79 Å². The van der Waals surface area contributed by atoms with Crippen molar-refractivity contribution in [2.75, 3.05) is 6.54 Å². The molecule has 2 aromatic rings. The van der Waals surface area contributed by atoms with E-state index in [-0.39, 0.29) is 24.3 Å². The normalized spacial score (nSPS) is 13.6. The third kappa shape index (κ3) is 9.84. The summed E-state index contributed by atoms with van der Waals surface area (Å²) in [6, 6.07) is 16.9.